The maximum absolute atomic E-state index is 10.8. The van der Waals surface area contributed by atoms with Crippen LogP contribution in [0, 0.1) is 0 Å². The molecule has 0 fully saturated rings. The van der Waals surface area contributed by atoms with Crippen LogP contribution in [0.25, 0.3) is 0 Å². The highest BCUT2D eigenvalue weighted by atomic mass is 32.2. The summed E-state index contributed by atoms with van der Waals surface area (Å²) in [5.41, 5.74) is 0. The van der Waals surface area contributed by atoms with Crippen LogP contribution >= 0.6 is 0 Å². The van der Waals surface area contributed by atoms with Crippen LogP contribution in [0.4, 0.5) is 11.6 Å². The Hall–Kier alpha value is -1.17. The van der Waals surface area contributed by atoms with Crippen LogP contribution in [0.3, 0.4) is 0 Å². The fourth-order valence-corrected chi connectivity index (χ4v) is 1.63. The lowest BCUT2D eigenvalue weighted by atomic mass is 10.4. The van der Waals surface area contributed by atoms with Gasteiger partial charge >= 0.3 is 0 Å². The van der Waals surface area contributed by atoms with Gasteiger partial charge in [0.2, 0.25) is 0 Å². The molecule has 0 amide bonds. The van der Waals surface area contributed by atoms with Gasteiger partial charge in [-0.2, -0.15) is 0 Å². The molecule has 0 aliphatic heterocycles. The van der Waals surface area contributed by atoms with Crippen LogP contribution in [-0.2, 0) is 10.8 Å². The van der Waals surface area contributed by atoms with E-state index in [1.54, 1.807) is 6.26 Å². The van der Waals surface area contributed by atoms with Crippen molar-refractivity contribution in [3.05, 3.63) is 12.4 Å². The third-order valence-electron chi connectivity index (χ3n) is 1.84. The lowest BCUT2D eigenvalue weighted by molar-refractivity contribution is 0.685. The van der Waals surface area contributed by atoms with Crippen molar-refractivity contribution in [2.75, 3.05) is 36.2 Å². The Balaban J connectivity index is 2.33. The minimum atomic E-state index is -0.715. The Bertz CT molecular complexity index is 332. The molecule has 15 heavy (non-hydrogen) atoms. The molecule has 2 N–H and O–H groups in total. The first kappa shape index (κ1) is 11.9. The molecular weight excluding hydrogens is 212 g/mol. The van der Waals surface area contributed by atoms with E-state index in [0.29, 0.717) is 0 Å². The second-order valence-corrected chi connectivity index (χ2v) is 4.65. The summed E-state index contributed by atoms with van der Waals surface area (Å²) in [4.78, 5) is 8.07. The lowest BCUT2D eigenvalue weighted by Gasteiger charge is -2.05. The molecule has 0 bridgehead atoms. The van der Waals surface area contributed by atoms with Crippen LogP contribution in [0.15, 0.2) is 12.4 Å². The van der Waals surface area contributed by atoms with Gasteiger partial charge in [0.05, 0.1) is 0 Å². The zero-order valence-electron chi connectivity index (χ0n) is 8.99. The van der Waals surface area contributed by atoms with Gasteiger partial charge < -0.3 is 10.6 Å². The minimum Gasteiger partial charge on any atom is -0.373 e. The molecule has 0 aliphatic rings. The summed E-state index contributed by atoms with van der Waals surface area (Å²) < 4.78 is 10.8. The van der Waals surface area contributed by atoms with Gasteiger partial charge in [-0.05, 0) is 6.42 Å². The smallest absolute Gasteiger partial charge is 0.131 e. The van der Waals surface area contributed by atoms with Crippen molar-refractivity contribution in [3.63, 3.8) is 0 Å². The summed E-state index contributed by atoms with van der Waals surface area (Å²) in [6, 6.07) is 1.84. The van der Waals surface area contributed by atoms with Crippen molar-refractivity contribution in [1.29, 1.82) is 0 Å². The molecular formula is C9H16N4OS. The molecule has 1 aromatic rings. The molecule has 0 aliphatic carbocycles. The molecule has 0 radical (unpaired) electrons. The number of rotatable bonds is 6. The fraction of sp³-hybridized carbons (Fsp3) is 0.556. The monoisotopic (exact) mass is 228 g/mol. The van der Waals surface area contributed by atoms with Crippen LogP contribution in [0.2, 0.25) is 0 Å². The molecule has 0 saturated heterocycles. The van der Waals surface area contributed by atoms with Crippen molar-refractivity contribution in [3.8, 4) is 0 Å². The Morgan fingerprint density at radius 1 is 1.40 bits per heavy atom. The molecule has 1 rings (SSSR count). The Labute approximate surface area is 92.2 Å². The van der Waals surface area contributed by atoms with Crippen molar-refractivity contribution < 1.29 is 4.21 Å². The lowest BCUT2D eigenvalue weighted by Crippen LogP contribution is -2.07. The first-order valence-corrected chi connectivity index (χ1v) is 6.49. The van der Waals surface area contributed by atoms with Gasteiger partial charge in [-0.25, -0.2) is 9.97 Å². The predicted molar refractivity (Wildman–Crippen MR) is 63.6 cm³/mol. The normalized spacial score (nSPS) is 12.1. The highest BCUT2D eigenvalue weighted by molar-refractivity contribution is 7.84. The largest absolute Gasteiger partial charge is 0.373 e. The molecule has 5 nitrogen and oxygen atoms in total. The third-order valence-corrected chi connectivity index (χ3v) is 2.70. The fourth-order valence-electron chi connectivity index (χ4n) is 1.08. The molecule has 0 aromatic carbocycles. The average molecular weight is 228 g/mol. The third kappa shape index (κ3) is 4.73. The molecule has 1 aromatic heterocycles. The van der Waals surface area contributed by atoms with Gasteiger partial charge in [0.25, 0.3) is 0 Å². The Kier molecular flexibility index (Phi) is 5.03. The molecule has 84 valence electrons. The van der Waals surface area contributed by atoms with Gasteiger partial charge in [0.15, 0.2) is 0 Å². The summed E-state index contributed by atoms with van der Waals surface area (Å²) in [6.07, 6.45) is 4.10. The maximum atomic E-state index is 10.8. The quantitative estimate of drug-likeness (QED) is 0.702. The van der Waals surface area contributed by atoms with Crippen molar-refractivity contribution in [2.24, 2.45) is 0 Å². The number of hydrogen-bond donors (Lipinski definition) is 2. The second-order valence-electron chi connectivity index (χ2n) is 3.10. The Morgan fingerprint density at radius 2 is 2.13 bits per heavy atom. The molecule has 0 saturated carbocycles. The van der Waals surface area contributed by atoms with E-state index in [2.05, 4.69) is 20.6 Å². The van der Waals surface area contributed by atoms with Crippen LogP contribution in [0.5, 0.6) is 0 Å². The van der Waals surface area contributed by atoms with E-state index < -0.39 is 10.8 Å². The predicted octanol–water partition coefficient (Wildman–Crippen LogP) is 0.699. The number of hydrogen-bond acceptors (Lipinski definition) is 5. The van der Waals surface area contributed by atoms with Gasteiger partial charge in [0, 0.05) is 42.5 Å². The van der Waals surface area contributed by atoms with E-state index in [1.165, 1.54) is 6.33 Å². The van der Waals surface area contributed by atoms with E-state index in [0.717, 1.165) is 30.4 Å². The van der Waals surface area contributed by atoms with E-state index >= 15 is 0 Å². The zero-order valence-corrected chi connectivity index (χ0v) is 9.80. The summed E-state index contributed by atoms with van der Waals surface area (Å²) in [5.74, 6) is 2.29. The molecule has 1 heterocycles. The maximum Gasteiger partial charge on any atom is 0.131 e. The number of anilines is 2. The second kappa shape index (κ2) is 6.34. The first-order valence-electron chi connectivity index (χ1n) is 4.76. The molecule has 6 heteroatoms. The minimum absolute atomic E-state index is 0.715. The van der Waals surface area contributed by atoms with Gasteiger partial charge in [0.1, 0.15) is 18.0 Å². The SMILES string of the molecule is CNc1cc(NCCCS(C)=O)ncn1. The van der Waals surface area contributed by atoms with Gasteiger partial charge in [-0.15, -0.1) is 0 Å². The summed E-state index contributed by atoms with van der Waals surface area (Å²) in [6.45, 7) is 0.778. The van der Waals surface area contributed by atoms with Crippen molar-refractivity contribution in [2.45, 2.75) is 6.42 Å². The van der Waals surface area contributed by atoms with E-state index in [4.69, 9.17) is 0 Å². The first-order chi connectivity index (χ1) is 7.22. The molecule has 1 atom stereocenters. The van der Waals surface area contributed by atoms with Crippen molar-refractivity contribution >= 4 is 22.4 Å². The van der Waals surface area contributed by atoms with Crippen molar-refractivity contribution in [1.82, 2.24) is 9.97 Å². The van der Waals surface area contributed by atoms with Crippen LogP contribution in [-0.4, -0.2) is 39.8 Å². The van der Waals surface area contributed by atoms with Crippen LogP contribution in [0.1, 0.15) is 6.42 Å². The van der Waals surface area contributed by atoms with E-state index in [1.807, 2.05) is 13.1 Å². The summed E-state index contributed by atoms with van der Waals surface area (Å²) in [5, 5.41) is 6.09. The van der Waals surface area contributed by atoms with Gasteiger partial charge in [-0.1, -0.05) is 0 Å². The molecule has 0 spiro atoms. The Morgan fingerprint density at radius 3 is 2.80 bits per heavy atom. The average Bonchev–Trinajstić information content (AvgIpc) is 2.24. The number of nitrogens with zero attached hydrogens (tertiary/aromatic N) is 2. The number of nitrogens with one attached hydrogen (secondary N) is 2. The summed E-state index contributed by atoms with van der Waals surface area (Å²) in [7, 11) is 1.10. The van der Waals surface area contributed by atoms with E-state index in [9.17, 15) is 4.21 Å². The summed E-state index contributed by atoms with van der Waals surface area (Å²) >= 11 is 0. The zero-order chi connectivity index (χ0) is 11.1. The molecule has 1 unspecified atom stereocenters. The number of aromatic nitrogens is 2. The highest BCUT2D eigenvalue weighted by Gasteiger charge is 1.96. The topological polar surface area (TPSA) is 66.9 Å². The standard InChI is InChI=1S/C9H16N4OS/c1-10-8-6-9(13-7-12-8)11-4-3-5-15(2)14/h6-7H,3-5H2,1-2H3,(H2,10,11,12,13). The van der Waals surface area contributed by atoms with Crippen LogP contribution < -0.4 is 10.6 Å². The highest BCUT2D eigenvalue weighted by Crippen LogP contribution is 2.07. The van der Waals surface area contributed by atoms with E-state index in [-0.39, 0.29) is 0 Å². The van der Waals surface area contributed by atoms with Gasteiger partial charge in [-0.3, -0.25) is 4.21 Å².